The van der Waals surface area contributed by atoms with Crippen LogP contribution in [0.1, 0.15) is 18.0 Å². The van der Waals surface area contributed by atoms with E-state index in [2.05, 4.69) is 23.0 Å². The van der Waals surface area contributed by atoms with E-state index in [1.165, 1.54) is 4.70 Å². The molecule has 0 spiro atoms. The highest BCUT2D eigenvalue weighted by Gasteiger charge is 2.18. The van der Waals surface area contributed by atoms with Crippen molar-refractivity contribution in [2.75, 3.05) is 7.05 Å². The minimum absolute atomic E-state index is 0.145. The van der Waals surface area contributed by atoms with E-state index in [1.807, 2.05) is 55.6 Å². The second-order valence-electron chi connectivity index (χ2n) is 6.13. The summed E-state index contributed by atoms with van der Waals surface area (Å²) in [6.07, 6.45) is 0. The summed E-state index contributed by atoms with van der Waals surface area (Å²) in [4.78, 5) is 7.27. The van der Waals surface area contributed by atoms with Crippen LogP contribution in [0, 0.1) is 4.84 Å². The molecule has 2 aromatic carbocycles. The van der Waals surface area contributed by atoms with Gasteiger partial charge in [0.1, 0.15) is 5.01 Å². The van der Waals surface area contributed by atoms with Gasteiger partial charge in [-0.2, -0.15) is 0 Å². The molecule has 132 valence electrons. The first-order valence-corrected chi connectivity index (χ1v) is 9.53. The Morgan fingerprint density at radius 2 is 1.88 bits per heavy atom. The van der Waals surface area contributed by atoms with E-state index in [0.29, 0.717) is 17.4 Å². The summed E-state index contributed by atoms with van der Waals surface area (Å²) in [6.45, 7) is 2.67. The quantitative estimate of drug-likeness (QED) is 0.448. The Labute approximate surface area is 160 Å². The van der Waals surface area contributed by atoms with Gasteiger partial charge >= 0.3 is 0 Å². The summed E-state index contributed by atoms with van der Waals surface area (Å²) < 4.78 is 8.57. The van der Waals surface area contributed by atoms with Crippen LogP contribution in [-0.2, 0) is 6.67 Å². The van der Waals surface area contributed by atoms with Gasteiger partial charge in [0.05, 0.1) is 22.9 Å². The molecule has 0 saturated heterocycles. The molecular weight excluding hydrogens is 364 g/mol. The van der Waals surface area contributed by atoms with Gasteiger partial charge in [0.2, 0.25) is 5.89 Å². The van der Waals surface area contributed by atoms with Gasteiger partial charge < -0.3 is 4.42 Å². The van der Waals surface area contributed by atoms with Crippen molar-refractivity contribution >= 4 is 33.8 Å². The van der Waals surface area contributed by atoms with E-state index < -0.39 is 0 Å². The Balaban J connectivity index is 1.55. The molecule has 0 saturated carbocycles. The molecular formula is C19H18N4OS2. The predicted molar refractivity (Wildman–Crippen MR) is 107 cm³/mol. The molecule has 0 unspecified atom stereocenters. The zero-order chi connectivity index (χ0) is 18.1. The summed E-state index contributed by atoms with van der Waals surface area (Å²) in [5.74, 6) is 0.539. The smallest absolute Gasteiger partial charge is 0.288 e. The molecule has 4 aromatic rings. The first-order valence-electron chi connectivity index (χ1n) is 8.31. The largest absolute Gasteiger partial charge is 0.409 e. The maximum absolute atomic E-state index is 5.66. The number of hydrogen-bond acceptors (Lipinski definition) is 6. The van der Waals surface area contributed by atoms with Crippen LogP contribution in [0.5, 0.6) is 0 Å². The SMILES string of the molecule is C[C@@H](c1nc2ccccc2s1)N(C)Cn1nc(-c2ccccc2)oc1=S. The van der Waals surface area contributed by atoms with Crippen molar-refractivity contribution in [2.45, 2.75) is 19.6 Å². The van der Waals surface area contributed by atoms with E-state index in [9.17, 15) is 0 Å². The van der Waals surface area contributed by atoms with E-state index in [1.54, 1.807) is 16.0 Å². The van der Waals surface area contributed by atoms with Crippen molar-refractivity contribution in [1.82, 2.24) is 19.7 Å². The number of aromatic nitrogens is 3. The van der Waals surface area contributed by atoms with Gasteiger partial charge in [0.25, 0.3) is 4.84 Å². The molecule has 2 heterocycles. The van der Waals surface area contributed by atoms with Crippen LogP contribution in [0.3, 0.4) is 0 Å². The summed E-state index contributed by atoms with van der Waals surface area (Å²) in [5.41, 5.74) is 1.95. The number of thiazole rings is 1. The second-order valence-corrected chi connectivity index (χ2v) is 7.54. The van der Waals surface area contributed by atoms with Gasteiger partial charge in [0, 0.05) is 5.56 Å². The van der Waals surface area contributed by atoms with Crippen molar-refractivity contribution in [1.29, 1.82) is 0 Å². The topological polar surface area (TPSA) is 47.1 Å². The van der Waals surface area contributed by atoms with E-state index in [4.69, 9.17) is 21.6 Å². The third-order valence-electron chi connectivity index (χ3n) is 4.31. The molecule has 26 heavy (non-hydrogen) atoms. The van der Waals surface area contributed by atoms with Crippen molar-refractivity contribution < 1.29 is 4.42 Å². The minimum atomic E-state index is 0.145. The van der Waals surface area contributed by atoms with Crippen LogP contribution < -0.4 is 0 Å². The molecule has 2 aromatic heterocycles. The Morgan fingerprint density at radius 1 is 1.15 bits per heavy atom. The highest BCUT2D eigenvalue weighted by Crippen LogP contribution is 2.29. The van der Waals surface area contributed by atoms with E-state index in [0.717, 1.165) is 16.1 Å². The Bertz CT molecular complexity index is 1050. The highest BCUT2D eigenvalue weighted by molar-refractivity contribution is 7.71. The predicted octanol–water partition coefficient (Wildman–Crippen LogP) is 5.13. The summed E-state index contributed by atoms with van der Waals surface area (Å²) in [6, 6.07) is 18.1. The molecule has 0 aliphatic heterocycles. The van der Waals surface area contributed by atoms with Crippen LogP contribution in [0.2, 0.25) is 0 Å². The third-order valence-corrected chi connectivity index (χ3v) is 5.81. The van der Waals surface area contributed by atoms with Crippen molar-refractivity contribution in [3.63, 3.8) is 0 Å². The van der Waals surface area contributed by atoms with Crippen molar-refractivity contribution in [3.05, 3.63) is 64.4 Å². The molecule has 0 aliphatic rings. The van der Waals surface area contributed by atoms with E-state index >= 15 is 0 Å². The zero-order valence-corrected chi connectivity index (χ0v) is 16.1. The second kappa shape index (κ2) is 7.11. The van der Waals surface area contributed by atoms with Crippen molar-refractivity contribution in [3.8, 4) is 11.5 Å². The van der Waals surface area contributed by atoms with Crippen LogP contribution in [0.4, 0.5) is 0 Å². The number of nitrogens with zero attached hydrogens (tertiary/aromatic N) is 4. The van der Waals surface area contributed by atoms with Gasteiger partial charge in [-0.3, -0.25) is 4.90 Å². The lowest BCUT2D eigenvalue weighted by atomic mass is 10.2. The Kier molecular flexibility index (Phi) is 4.67. The molecule has 4 rings (SSSR count). The normalized spacial score (nSPS) is 12.7. The maximum Gasteiger partial charge on any atom is 0.288 e. The van der Waals surface area contributed by atoms with Gasteiger partial charge in [-0.25, -0.2) is 9.67 Å². The first-order chi connectivity index (χ1) is 12.6. The molecule has 0 N–H and O–H groups in total. The van der Waals surface area contributed by atoms with Gasteiger partial charge in [-0.1, -0.05) is 30.3 Å². The molecule has 7 heteroatoms. The monoisotopic (exact) mass is 382 g/mol. The fourth-order valence-electron chi connectivity index (χ4n) is 2.68. The standard InChI is InChI=1S/C19H18N4OS2/c1-13(18-20-15-10-6-7-11-16(15)26-18)22(2)12-23-19(25)24-17(21-23)14-8-4-3-5-9-14/h3-11,13H,12H2,1-2H3/t13-/m0/s1. The molecule has 0 fully saturated rings. The molecule has 5 nitrogen and oxygen atoms in total. The average Bonchev–Trinajstić information content (AvgIpc) is 3.25. The average molecular weight is 383 g/mol. The Hall–Kier alpha value is -2.35. The summed E-state index contributed by atoms with van der Waals surface area (Å²) in [5, 5.41) is 5.60. The van der Waals surface area contributed by atoms with Gasteiger partial charge in [0.15, 0.2) is 0 Å². The highest BCUT2D eigenvalue weighted by atomic mass is 32.1. The molecule has 0 amide bonds. The molecule has 0 radical (unpaired) electrons. The summed E-state index contributed by atoms with van der Waals surface area (Å²) >= 11 is 7.06. The number of para-hydroxylation sites is 1. The maximum atomic E-state index is 5.66. The van der Waals surface area contributed by atoms with E-state index in [-0.39, 0.29) is 6.04 Å². The fourth-order valence-corrected chi connectivity index (χ4v) is 3.95. The van der Waals surface area contributed by atoms with Crippen LogP contribution in [0.15, 0.2) is 59.0 Å². The number of rotatable bonds is 5. The van der Waals surface area contributed by atoms with Gasteiger partial charge in [-0.05, 0) is 50.5 Å². The Morgan fingerprint density at radius 3 is 2.65 bits per heavy atom. The number of benzene rings is 2. The lowest BCUT2D eigenvalue weighted by molar-refractivity contribution is 0.192. The lowest BCUT2D eigenvalue weighted by Crippen LogP contribution is -2.26. The van der Waals surface area contributed by atoms with Crippen LogP contribution in [-0.4, -0.2) is 26.7 Å². The minimum Gasteiger partial charge on any atom is -0.409 e. The molecule has 0 bridgehead atoms. The molecule has 0 aliphatic carbocycles. The third kappa shape index (κ3) is 3.33. The van der Waals surface area contributed by atoms with Crippen LogP contribution in [0.25, 0.3) is 21.7 Å². The van der Waals surface area contributed by atoms with Crippen molar-refractivity contribution in [2.24, 2.45) is 0 Å². The van der Waals surface area contributed by atoms with Gasteiger partial charge in [-0.15, -0.1) is 16.4 Å². The molecule has 1 atom stereocenters. The first kappa shape index (κ1) is 17.1. The summed E-state index contributed by atoms with van der Waals surface area (Å²) in [7, 11) is 2.04. The number of hydrogen-bond donors (Lipinski definition) is 0. The lowest BCUT2D eigenvalue weighted by Gasteiger charge is -2.22. The number of fused-ring (bicyclic) bond motifs is 1. The fraction of sp³-hybridized carbons (Fsp3) is 0.211. The van der Waals surface area contributed by atoms with Crippen LogP contribution >= 0.6 is 23.6 Å². The zero-order valence-electron chi connectivity index (χ0n) is 14.5.